The molecule has 0 unspecified atom stereocenters. The smallest absolute Gasteiger partial charge is 0.271 e. The molecule has 13 nitrogen and oxygen atoms in total. The molecule has 4 heterocycles. The van der Waals surface area contributed by atoms with Gasteiger partial charge in [0.2, 0.25) is 23.6 Å². The molecule has 15 heteroatoms. The molecular weight excluding hydrogens is 830 g/mol. The number of aromatic nitrogens is 2. The van der Waals surface area contributed by atoms with Crippen LogP contribution in [-0.4, -0.2) is 43.4 Å². The third kappa shape index (κ3) is 5.91. The van der Waals surface area contributed by atoms with Gasteiger partial charge in [-0.05, 0) is 79.5 Å². The van der Waals surface area contributed by atoms with Crippen LogP contribution in [0.3, 0.4) is 0 Å². The number of imide groups is 2. The minimum absolute atomic E-state index is 0.0722. The first-order valence-corrected chi connectivity index (χ1v) is 21.4. The fourth-order valence-corrected chi connectivity index (χ4v) is 11.7. The maximum atomic E-state index is 15.3. The lowest BCUT2D eigenvalue weighted by molar-refractivity contribution is -0.384. The predicted molar refractivity (Wildman–Crippen MR) is 233 cm³/mol. The summed E-state index contributed by atoms with van der Waals surface area (Å²) in [5, 5.41) is 30.0. The van der Waals surface area contributed by atoms with Crippen LogP contribution < -0.4 is 14.5 Å². The number of aryl methyl sites for hydroxylation is 2. The molecule has 2 saturated heterocycles. The van der Waals surface area contributed by atoms with Crippen molar-refractivity contribution in [3.8, 4) is 22.1 Å². The number of phenols is 1. The molecule has 2 aromatic heterocycles. The Morgan fingerprint density at radius 1 is 0.935 bits per heavy atom. The summed E-state index contributed by atoms with van der Waals surface area (Å²) in [7, 11) is 1.68. The number of rotatable bonds is 8. The minimum atomic E-state index is -1.45. The van der Waals surface area contributed by atoms with Crippen molar-refractivity contribution < 1.29 is 33.9 Å². The van der Waals surface area contributed by atoms with E-state index in [2.05, 4.69) is 0 Å². The van der Waals surface area contributed by atoms with Crippen LogP contribution in [0.2, 0.25) is 5.02 Å². The van der Waals surface area contributed by atoms with Crippen molar-refractivity contribution >= 4 is 73.8 Å². The highest BCUT2D eigenvalue weighted by atomic mass is 35.5. The fraction of sp³-hybridized carbons (Fsp3) is 0.255. The van der Waals surface area contributed by atoms with Crippen molar-refractivity contribution in [2.45, 2.75) is 39.2 Å². The molecule has 62 heavy (non-hydrogen) atoms. The molecule has 1 N–H and O–H groups in total. The Kier molecular flexibility index (Phi) is 9.23. The first-order valence-electron chi connectivity index (χ1n) is 20.2. The molecule has 0 bridgehead atoms. The zero-order chi connectivity index (χ0) is 43.4. The van der Waals surface area contributed by atoms with Crippen LogP contribution in [0.4, 0.5) is 17.2 Å². The van der Waals surface area contributed by atoms with Gasteiger partial charge in [-0.1, -0.05) is 65.7 Å². The molecule has 4 aromatic carbocycles. The van der Waals surface area contributed by atoms with E-state index in [9.17, 15) is 24.8 Å². The third-order valence-corrected chi connectivity index (χ3v) is 14.9. The number of benzene rings is 4. The zero-order valence-corrected chi connectivity index (χ0v) is 35.2. The fourth-order valence-electron chi connectivity index (χ4n) is 10.4. The lowest BCUT2D eigenvalue weighted by atomic mass is 9.51. The second-order valence-corrected chi connectivity index (χ2v) is 18.1. The summed E-state index contributed by atoms with van der Waals surface area (Å²) in [5.41, 5.74) is 1.89. The van der Waals surface area contributed by atoms with Gasteiger partial charge < -0.3 is 9.84 Å². The van der Waals surface area contributed by atoms with Gasteiger partial charge in [-0.2, -0.15) is 5.10 Å². The average Bonchev–Trinajstić information content (AvgIpc) is 3.93. The second kappa shape index (κ2) is 14.5. The van der Waals surface area contributed by atoms with E-state index < -0.39 is 63.6 Å². The number of nitro groups is 1. The Labute approximate surface area is 363 Å². The number of carbonyl (C=O) groups is 4. The van der Waals surface area contributed by atoms with Crippen molar-refractivity contribution in [3.63, 3.8) is 0 Å². The summed E-state index contributed by atoms with van der Waals surface area (Å²) in [6, 6.07) is 27.3. The zero-order valence-electron chi connectivity index (χ0n) is 33.7. The monoisotopic (exact) mass is 867 g/mol. The quantitative estimate of drug-likeness (QED) is 0.0681. The van der Waals surface area contributed by atoms with Crippen LogP contribution in [0.5, 0.6) is 11.5 Å². The van der Waals surface area contributed by atoms with Gasteiger partial charge in [0.25, 0.3) is 5.69 Å². The molecular formula is C47H38ClN5O8S. The molecule has 2 aliphatic heterocycles. The highest BCUT2D eigenvalue weighted by Crippen LogP contribution is 2.64. The molecule has 312 valence electrons. The van der Waals surface area contributed by atoms with Gasteiger partial charge in [0, 0.05) is 52.5 Å². The number of halogens is 1. The second-order valence-electron chi connectivity index (χ2n) is 16.7. The van der Waals surface area contributed by atoms with E-state index in [1.807, 2.05) is 61.5 Å². The number of ether oxygens (including phenoxy) is 1. The number of hydrogen-bond donors (Lipinski definition) is 1. The first-order chi connectivity index (χ1) is 29.8. The molecule has 6 atom stereocenters. The Morgan fingerprint density at radius 3 is 2.48 bits per heavy atom. The number of fused-ring (bicyclic) bond motifs is 5. The van der Waals surface area contributed by atoms with Crippen molar-refractivity contribution in [1.29, 1.82) is 0 Å². The van der Waals surface area contributed by atoms with E-state index in [0.717, 1.165) is 31.0 Å². The summed E-state index contributed by atoms with van der Waals surface area (Å²) >= 11 is 7.87. The third-order valence-electron chi connectivity index (χ3n) is 13.3. The molecule has 0 radical (unpaired) electrons. The normalized spacial score (nSPS) is 24.3. The predicted octanol–water partition coefficient (Wildman–Crippen LogP) is 8.89. The van der Waals surface area contributed by atoms with Crippen LogP contribution in [-0.2, 0) is 32.8 Å². The molecule has 2 aliphatic carbocycles. The van der Waals surface area contributed by atoms with E-state index in [1.54, 1.807) is 32.2 Å². The van der Waals surface area contributed by atoms with Crippen LogP contribution in [0.25, 0.3) is 20.7 Å². The average molecular weight is 868 g/mol. The van der Waals surface area contributed by atoms with Crippen LogP contribution in [0.15, 0.2) is 109 Å². The Morgan fingerprint density at radius 2 is 1.73 bits per heavy atom. The molecule has 0 spiro atoms. The number of non-ortho nitro benzene ring substituents is 1. The number of phenolic OH excluding ortho intramolecular Hbond substituents is 1. The standard InChI is InChI=1S/C47H38ClN5O8S/c1-24-33-18-26(48)12-17-38(33)62-42(24)36-22-39(50(3)49-36)52-44(56)35-21-34-30(15-16-32-40(34)45(57)51(43(32)55)27-10-7-11-28(19-27)53(59)60)41(47(35,2)46(52)58)31-14-13-29(20-37(31)54)61-23-25-8-5-4-6-9-25/h4-15,17-20,22,32,34-35,40-41,54H,16,21,23H2,1-3H3/t32-,34+,35-,40-,41+,47+/m0/s1. The summed E-state index contributed by atoms with van der Waals surface area (Å²) in [5.74, 6) is -5.75. The number of thiophene rings is 1. The maximum absolute atomic E-state index is 15.3. The number of nitro benzene ring substituents is 1. The molecule has 6 aromatic rings. The van der Waals surface area contributed by atoms with Gasteiger partial charge in [0.05, 0.1) is 38.7 Å². The molecule has 3 fully saturated rings. The molecule has 1 saturated carbocycles. The van der Waals surface area contributed by atoms with Gasteiger partial charge in [0.1, 0.15) is 29.6 Å². The number of anilines is 2. The van der Waals surface area contributed by atoms with Crippen molar-refractivity contribution in [2.24, 2.45) is 36.1 Å². The van der Waals surface area contributed by atoms with Gasteiger partial charge in [-0.15, -0.1) is 11.3 Å². The maximum Gasteiger partial charge on any atom is 0.271 e. The number of amides is 4. The lowest BCUT2D eigenvalue weighted by Gasteiger charge is -2.49. The van der Waals surface area contributed by atoms with E-state index in [0.29, 0.717) is 27.6 Å². The van der Waals surface area contributed by atoms with E-state index >= 15 is 9.59 Å². The van der Waals surface area contributed by atoms with Crippen LogP contribution >= 0.6 is 22.9 Å². The van der Waals surface area contributed by atoms with Crippen molar-refractivity contribution in [2.75, 3.05) is 9.80 Å². The largest absolute Gasteiger partial charge is 0.508 e. The highest BCUT2D eigenvalue weighted by Gasteiger charge is 2.68. The number of carbonyl (C=O) groups excluding carboxylic acids is 4. The summed E-state index contributed by atoms with van der Waals surface area (Å²) in [6.07, 6.45) is 2.11. The van der Waals surface area contributed by atoms with Crippen molar-refractivity contribution in [3.05, 3.63) is 141 Å². The Bertz CT molecular complexity index is 2960. The van der Waals surface area contributed by atoms with E-state index in [4.69, 9.17) is 21.4 Å². The van der Waals surface area contributed by atoms with E-state index in [-0.39, 0.29) is 42.4 Å². The Hall–Kier alpha value is -6.64. The van der Waals surface area contributed by atoms with Gasteiger partial charge in [-0.3, -0.25) is 34.0 Å². The number of hydrogen-bond acceptors (Lipinski definition) is 10. The van der Waals surface area contributed by atoms with Crippen LogP contribution in [0.1, 0.15) is 42.4 Å². The minimum Gasteiger partial charge on any atom is -0.508 e. The number of aromatic hydroxyl groups is 1. The molecule has 4 aliphatic rings. The van der Waals surface area contributed by atoms with Crippen LogP contribution in [0, 0.1) is 46.1 Å². The topological polar surface area (TPSA) is 165 Å². The summed E-state index contributed by atoms with van der Waals surface area (Å²) in [4.78, 5) is 73.2. The lowest BCUT2D eigenvalue weighted by Crippen LogP contribution is -2.49. The number of allylic oxidation sites excluding steroid dienone is 2. The number of nitrogens with zero attached hydrogens (tertiary/aromatic N) is 5. The van der Waals surface area contributed by atoms with E-state index in [1.165, 1.54) is 51.3 Å². The molecule has 10 rings (SSSR count). The summed E-state index contributed by atoms with van der Waals surface area (Å²) < 4.78 is 8.58. The highest BCUT2D eigenvalue weighted by molar-refractivity contribution is 7.22. The Balaban J connectivity index is 1.06. The van der Waals surface area contributed by atoms with Gasteiger partial charge in [-0.25, -0.2) is 9.80 Å². The molecule has 4 amide bonds. The van der Waals surface area contributed by atoms with Gasteiger partial charge in [0.15, 0.2) is 0 Å². The first kappa shape index (κ1) is 39.5. The SMILES string of the molecule is Cc1c(-c2cc(N3C(=O)[C@@H]4C[C@@H]5C(=CC[C@@H]6C(=O)N(c7cccc([N+](=O)[O-])c7)C(=O)[C@@H]65)[C@H](c5ccc(OCc6ccccc6)cc5O)[C@]4(C)C3=O)n(C)n2)sc2ccc(Cl)cc12. The van der Waals surface area contributed by atoms with Gasteiger partial charge >= 0.3 is 0 Å². The summed E-state index contributed by atoms with van der Waals surface area (Å²) in [6.45, 7) is 3.98. The van der Waals surface area contributed by atoms with Crippen molar-refractivity contribution in [1.82, 2.24) is 9.78 Å².